The Balaban J connectivity index is 0.00000288. The fourth-order valence-corrected chi connectivity index (χ4v) is 5.68. The van der Waals surface area contributed by atoms with E-state index in [4.69, 9.17) is 15.0 Å². The van der Waals surface area contributed by atoms with Gasteiger partial charge in [0.15, 0.2) is 0 Å². The van der Waals surface area contributed by atoms with Gasteiger partial charge in [-0.05, 0) is 39.1 Å². The van der Waals surface area contributed by atoms with Crippen LogP contribution in [0.15, 0.2) is 128 Å². The van der Waals surface area contributed by atoms with Crippen LogP contribution in [0.5, 0.6) is 0 Å². The molecule has 3 nitrogen and oxygen atoms in total. The molecule has 8 aromatic rings. The molecule has 0 fully saturated rings. The maximum Gasteiger partial charge on any atom is 2.00 e. The van der Waals surface area contributed by atoms with Crippen LogP contribution in [-0.4, -0.2) is 9.97 Å². The summed E-state index contributed by atoms with van der Waals surface area (Å²) < 4.78 is 0. The first kappa shape index (κ1) is 26.1. The minimum Gasteiger partial charge on any atom is -0.663 e. The van der Waals surface area contributed by atoms with Gasteiger partial charge in [0.25, 0.3) is 0 Å². The Morgan fingerprint density at radius 2 is 1.17 bits per heavy atom. The predicted octanol–water partition coefficient (Wildman–Crippen LogP) is 7.17. The van der Waals surface area contributed by atoms with E-state index in [2.05, 4.69) is 121 Å². The van der Waals surface area contributed by atoms with Gasteiger partial charge < -0.3 is 4.98 Å². The Morgan fingerprint density at radius 3 is 1.95 bits per heavy atom. The number of benzene rings is 5. The molecule has 0 spiro atoms. The molecule has 0 amide bonds. The van der Waals surface area contributed by atoms with Gasteiger partial charge in [-0.15, -0.1) is 29.1 Å². The van der Waals surface area contributed by atoms with E-state index >= 15 is 0 Å². The normalized spacial score (nSPS) is 12.4. The molecule has 0 radical (unpaired) electrons. The maximum absolute atomic E-state index is 5.15. The predicted molar refractivity (Wildman–Crippen MR) is 169 cm³/mol. The van der Waals surface area contributed by atoms with Gasteiger partial charge in [0, 0.05) is 23.5 Å². The molecule has 0 unspecified atom stereocenters. The molecule has 0 aliphatic carbocycles. The van der Waals surface area contributed by atoms with Crippen molar-refractivity contribution in [3.05, 3.63) is 156 Å². The molecule has 0 saturated carbocycles. The minimum absolute atomic E-state index is 0. The molecule has 0 N–H and O–H groups in total. The van der Waals surface area contributed by atoms with Crippen LogP contribution in [0.25, 0.3) is 66.5 Å². The van der Waals surface area contributed by atoms with Gasteiger partial charge in [-0.1, -0.05) is 119 Å². The molecule has 3 aromatic heterocycles. The average molecular weight is 717 g/mol. The largest absolute Gasteiger partial charge is 2.00 e. The number of fused-ring (bicyclic) bond motifs is 4. The van der Waals surface area contributed by atoms with E-state index < -0.39 is 0 Å². The fraction of sp³-hybridized carbons (Fsp3) is 0. The van der Waals surface area contributed by atoms with Gasteiger partial charge in [-0.2, -0.15) is 5.35 Å². The number of nitrogens with zero attached hydrogens (tertiary/aromatic N) is 3. The van der Waals surface area contributed by atoms with E-state index in [1.165, 1.54) is 0 Å². The first-order valence-electron chi connectivity index (χ1n) is 13.7. The minimum atomic E-state index is 0. The van der Waals surface area contributed by atoms with Crippen molar-refractivity contribution in [3.8, 4) is 11.3 Å². The van der Waals surface area contributed by atoms with E-state index in [-0.39, 0.29) is 21.1 Å². The van der Waals surface area contributed by atoms with E-state index in [0.29, 0.717) is 0 Å². The van der Waals surface area contributed by atoms with Crippen molar-refractivity contribution in [2.75, 3.05) is 0 Å². The summed E-state index contributed by atoms with van der Waals surface area (Å²) in [5, 5.41) is 10.9. The van der Waals surface area contributed by atoms with Gasteiger partial charge in [-0.25, -0.2) is 0 Å². The van der Waals surface area contributed by atoms with Crippen LogP contribution >= 0.6 is 0 Å². The summed E-state index contributed by atoms with van der Waals surface area (Å²) in [6, 6.07) is 43.5. The zero-order valence-corrected chi connectivity index (χ0v) is 24.7. The molecule has 0 aliphatic heterocycles. The molecule has 0 aliphatic rings. The molecule has 0 saturated heterocycles. The number of hydrogen-bond donors (Lipinski definition) is 0. The zero-order chi connectivity index (χ0) is 27.2. The summed E-state index contributed by atoms with van der Waals surface area (Å²) in [5.41, 5.74) is 3.77. The molecule has 8 rings (SSSR count). The molecule has 4 heteroatoms. The Bertz CT molecular complexity index is 2380. The molecule has 5 aromatic carbocycles. The van der Waals surface area contributed by atoms with E-state index in [1.807, 2.05) is 24.5 Å². The van der Waals surface area contributed by atoms with Crippen molar-refractivity contribution in [3.63, 3.8) is 0 Å². The van der Waals surface area contributed by atoms with Gasteiger partial charge in [0.1, 0.15) is 0 Å². The smallest absolute Gasteiger partial charge is 0.663 e. The van der Waals surface area contributed by atoms with Crippen LogP contribution in [0, 0.1) is 6.07 Å². The Kier molecular flexibility index (Phi) is 6.74. The van der Waals surface area contributed by atoms with Gasteiger partial charge in [0.05, 0.1) is 5.69 Å². The first-order chi connectivity index (χ1) is 20.3. The second-order valence-electron chi connectivity index (χ2n) is 10.2. The summed E-state index contributed by atoms with van der Waals surface area (Å²) in [6.45, 7) is 0. The van der Waals surface area contributed by atoms with Crippen LogP contribution in [0.4, 0.5) is 0 Å². The summed E-state index contributed by atoms with van der Waals surface area (Å²) in [5.74, 6) is 0. The molecular formula is C38H23N3Pt. The summed E-state index contributed by atoms with van der Waals surface area (Å²) >= 11 is 0. The van der Waals surface area contributed by atoms with Crippen LogP contribution in [0.1, 0.15) is 11.3 Å². The molecule has 200 valence electrons. The monoisotopic (exact) mass is 716 g/mol. The number of rotatable bonds is 3. The van der Waals surface area contributed by atoms with Gasteiger partial charge in [0.2, 0.25) is 0 Å². The van der Waals surface area contributed by atoms with Gasteiger partial charge >= 0.3 is 21.1 Å². The Hall–Kier alpha value is -4.85. The van der Waals surface area contributed by atoms with E-state index in [9.17, 15) is 0 Å². The van der Waals surface area contributed by atoms with Crippen molar-refractivity contribution in [1.29, 1.82) is 0 Å². The molecule has 0 atom stereocenters. The van der Waals surface area contributed by atoms with Crippen LogP contribution in [0.2, 0.25) is 0 Å². The molecule has 3 heterocycles. The SMILES string of the molecule is [Pt+2].[c-]1c(-c2cc3ccccc3cn2)cc2ccccc2c1C=c1[n-]c(=Cc2nccc3ccccc23)c2ccccc12. The third kappa shape index (κ3) is 4.62. The van der Waals surface area contributed by atoms with Crippen molar-refractivity contribution in [1.82, 2.24) is 15.0 Å². The van der Waals surface area contributed by atoms with Crippen molar-refractivity contribution in [2.45, 2.75) is 0 Å². The van der Waals surface area contributed by atoms with Crippen molar-refractivity contribution < 1.29 is 21.1 Å². The maximum atomic E-state index is 5.15. The van der Waals surface area contributed by atoms with Crippen molar-refractivity contribution in [2.24, 2.45) is 0 Å². The third-order valence-electron chi connectivity index (χ3n) is 7.71. The van der Waals surface area contributed by atoms with Gasteiger partial charge in [-0.3, -0.25) is 9.97 Å². The topological polar surface area (TPSA) is 39.9 Å². The average Bonchev–Trinajstić information content (AvgIpc) is 3.37. The Labute approximate surface area is 257 Å². The Morgan fingerprint density at radius 1 is 0.548 bits per heavy atom. The second-order valence-corrected chi connectivity index (χ2v) is 10.2. The first-order valence-corrected chi connectivity index (χ1v) is 13.7. The zero-order valence-electron chi connectivity index (χ0n) is 22.4. The fourth-order valence-electron chi connectivity index (χ4n) is 5.68. The number of pyridine rings is 2. The van der Waals surface area contributed by atoms with Crippen LogP contribution < -0.4 is 15.7 Å². The van der Waals surface area contributed by atoms with E-state index in [0.717, 1.165) is 76.3 Å². The number of hydrogen-bond acceptors (Lipinski definition) is 2. The van der Waals surface area contributed by atoms with Crippen LogP contribution in [-0.2, 0) is 21.1 Å². The quantitative estimate of drug-likeness (QED) is 0.182. The summed E-state index contributed by atoms with van der Waals surface area (Å²) in [7, 11) is 0. The molecule has 42 heavy (non-hydrogen) atoms. The second kappa shape index (κ2) is 10.9. The third-order valence-corrected chi connectivity index (χ3v) is 7.71. The van der Waals surface area contributed by atoms with Crippen LogP contribution in [0.3, 0.4) is 0 Å². The standard InChI is InChI=1S/C38H23N3.Pt/c1-2-12-28-24-40-35(21-26(28)10-1)30-19-27-11-4-5-13-31(27)29(20-30)22-37-33-15-7-8-16-34(33)38(41-37)23-36-32-14-6-3-9-25(32)17-18-39-36;/h1-19,21-24H;/q-2;+2. The van der Waals surface area contributed by atoms with E-state index in [1.54, 1.807) is 0 Å². The molecule has 0 bridgehead atoms. The molecular weight excluding hydrogens is 694 g/mol. The van der Waals surface area contributed by atoms with Crippen molar-refractivity contribution >= 4 is 55.2 Å². The summed E-state index contributed by atoms with van der Waals surface area (Å²) in [4.78, 5) is 14.6. The number of aromatic nitrogens is 3. The summed E-state index contributed by atoms with van der Waals surface area (Å²) in [6.07, 6.45) is 8.05.